The first kappa shape index (κ1) is 25.3. The Balaban J connectivity index is 1.26. The number of aromatic nitrogens is 4. The molecule has 194 valence electrons. The molecule has 4 aromatic heterocycles. The highest BCUT2D eigenvalue weighted by molar-refractivity contribution is 7.17. The Bertz CT molecular complexity index is 1770. The van der Waals surface area contributed by atoms with E-state index in [-0.39, 0.29) is 30.1 Å². The van der Waals surface area contributed by atoms with Gasteiger partial charge in [0, 0.05) is 31.8 Å². The number of carbonyl (C=O) groups is 1. The van der Waals surface area contributed by atoms with Crippen LogP contribution in [0.3, 0.4) is 0 Å². The molecular formula is C28H27N5O4S. The number of pyridine rings is 1. The second-order valence-corrected chi connectivity index (χ2v) is 9.96. The van der Waals surface area contributed by atoms with Gasteiger partial charge in [-0.2, -0.15) is 0 Å². The number of nitrogens with one attached hydrogen (secondary N) is 1. The highest BCUT2D eigenvalue weighted by Crippen LogP contribution is 2.16. The van der Waals surface area contributed by atoms with E-state index in [0.717, 1.165) is 5.56 Å². The molecule has 1 N–H and O–H groups in total. The van der Waals surface area contributed by atoms with E-state index in [1.165, 1.54) is 30.9 Å². The molecule has 10 heteroatoms. The molecule has 0 aliphatic rings. The van der Waals surface area contributed by atoms with E-state index in [4.69, 9.17) is 0 Å². The Kier molecular flexibility index (Phi) is 7.60. The van der Waals surface area contributed by atoms with Gasteiger partial charge in [-0.15, -0.1) is 11.3 Å². The molecule has 0 unspecified atom stereocenters. The second kappa shape index (κ2) is 11.4. The Morgan fingerprint density at radius 2 is 1.74 bits per heavy atom. The van der Waals surface area contributed by atoms with Gasteiger partial charge >= 0.3 is 5.69 Å². The van der Waals surface area contributed by atoms with Crippen LogP contribution in [0, 0.1) is 0 Å². The fraction of sp³-hybridized carbons (Fsp3) is 0.250. The highest BCUT2D eigenvalue weighted by atomic mass is 32.1. The lowest BCUT2D eigenvalue weighted by Crippen LogP contribution is -2.40. The number of hydrogen-bond acceptors (Lipinski definition) is 6. The fourth-order valence-electron chi connectivity index (χ4n) is 4.45. The molecule has 0 saturated carbocycles. The van der Waals surface area contributed by atoms with E-state index in [0.29, 0.717) is 53.8 Å². The number of thiophene rings is 1. The Labute approximate surface area is 221 Å². The summed E-state index contributed by atoms with van der Waals surface area (Å²) in [5, 5.41) is 4.69. The summed E-state index contributed by atoms with van der Waals surface area (Å²) in [5.41, 5.74) is 1.53. The lowest BCUT2D eigenvalue weighted by molar-refractivity contribution is -0.121. The molecule has 9 nitrogen and oxygen atoms in total. The van der Waals surface area contributed by atoms with E-state index in [1.54, 1.807) is 35.8 Å². The minimum atomic E-state index is -0.434. The largest absolute Gasteiger partial charge is 0.352 e. The summed E-state index contributed by atoms with van der Waals surface area (Å²) in [7, 11) is 0. The minimum absolute atomic E-state index is 0.0211. The SMILES string of the molecule is O=C(CCCCCn1c(=O)c2sccc2n(Cc2cc(=O)n3ccccc3n2)c1=O)NCc1ccccc1. The first-order valence-corrected chi connectivity index (χ1v) is 13.4. The average Bonchev–Trinajstić information content (AvgIpc) is 3.42. The highest BCUT2D eigenvalue weighted by Gasteiger charge is 2.15. The van der Waals surface area contributed by atoms with Crippen molar-refractivity contribution in [2.45, 2.75) is 45.3 Å². The Hall–Kier alpha value is -4.31. The van der Waals surface area contributed by atoms with Crippen LogP contribution >= 0.6 is 11.3 Å². The minimum Gasteiger partial charge on any atom is -0.352 e. The maximum Gasteiger partial charge on any atom is 0.331 e. The quantitative estimate of drug-likeness (QED) is 0.280. The van der Waals surface area contributed by atoms with Crippen LogP contribution in [-0.4, -0.2) is 24.4 Å². The second-order valence-electron chi connectivity index (χ2n) is 9.05. The number of fused-ring (bicyclic) bond motifs is 2. The number of unbranched alkanes of at least 4 members (excludes halogenated alkanes) is 2. The van der Waals surface area contributed by atoms with Gasteiger partial charge in [-0.25, -0.2) is 9.78 Å². The van der Waals surface area contributed by atoms with Crippen molar-refractivity contribution in [3.8, 4) is 0 Å². The average molecular weight is 530 g/mol. The van der Waals surface area contributed by atoms with E-state index in [2.05, 4.69) is 10.3 Å². The van der Waals surface area contributed by atoms with Crippen LogP contribution in [0.25, 0.3) is 15.9 Å². The zero-order valence-corrected chi connectivity index (χ0v) is 21.5. The molecule has 0 fully saturated rings. The van der Waals surface area contributed by atoms with Gasteiger partial charge in [0.1, 0.15) is 10.3 Å². The van der Waals surface area contributed by atoms with Crippen LogP contribution in [0.5, 0.6) is 0 Å². The van der Waals surface area contributed by atoms with Gasteiger partial charge in [0.2, 0.25) is 5.91 Å². The van der Waals surface area contributed by atoms with Crippen molar-refractivity contribution in [2.75, 3.05) is 0 Å². The normalized spacial score (nSPS) is 11.3. The molecule has 0 aliphatic carbocycles. The number of hydrogen-bond donors (Lipinski definition) is 1. The van der Waals surface area contributed by atoms with E-state index in [1.807, 2.05) is 30.3 Å². The molecule has 0 aliphatic heterocycles. The first-order valence-electron chi connectivity index (χ1n) is 12.5. The molecule has 4 heterocycles. The predicted molar refractivity (Wildman–Crippen MR) is 148 cm³/mol. The third-order valence-electron chi connectivity index (χ3n) is 6.40. The van der Waals surface area contributed by atoms with Gasteiger partial charge in [0.15, 0.2) is 0 Å². The summed E-state index contributed by atoms with van der Waals surface area (Å²) in [6.45, 7) is 0.827. The third-order valence-corrected chi connectivity index (χ3v) is 7.29. The third kappa shape index (κ3) is 5.50. The molecule has 1 amide bonds. The number of carbonyl (C=O) groups excluding carboxylic acids is 1. The van der Waals surface area contributed by atoms with Crippen molar-refractivity contribution < 1.29 is 4.79 Å². The Morgan fingerprint density at radius 1 is 0.921 bits per heavy atom. The maximum atomic E-state index is 13.4. The fourth-order valence-corrected chi connectivity index (χ4v) is 5.29. The van der Waals surface area contributed by atoms with Gasteiger partial charge < -0.3 is 5.32 Å². The summed E-state index contributed by atoms with van der Waals surface area (Å²) >= 11 is 1.29. The van der Waals surface area contributed by atoms with E-state index >= 15 is 0 Å². The number of nitrogens with zero attached hydrogens (tertiary/aromatic N) is 4. The van der Waals surface area contributed by atoms with Crippen molar-refractivity contribution >= 4 is 33.1 Å². The zero-order chi connectivity index (χ0) is 26.5. The van der Waals surface area contributed by atoms with Gasteiger partial charge in [0.25, 0.3) is 11.1 Å². The molecule has 0 saturated heterocycles. The van der Waals surface area contributed by atoms with Crippen LogP contribution in [-0.2, 0) is 24.4 Å². The summed E-state index contributed by atoms with van der Waals surface area (Å²) in [6.07, 6.45) is 3.99. The molecule has 5 aromatic rings. The van der Waals surface area contributed by atoms with Crippen molar-refractivity contribution in [1.82, 2.24) is 23.8 Å². The maximum absolute atomic E-state index is 13.4. The number of rotatable bonds is 10. The molecule has 1 aromatic carbocycles. The lowest BCUT2D eigenvalue weighted by Gasteiger charge is -2.12. The topological polar surface area (TPSA) is 107 Å². The first-order chi connectivity index (χ1) is 18.5. The van der Waals surface area contributed by atoms with Crippen LogP contribution in [0.2, 0.25) is 0 Å². The Morgan fingerprint density at radius 3 is 2.58 bits per heavy atom. The molecule has 0 bridgehead atoms. The van der Waals surface area contributed by atoms with Crippen LogP contribution < -0.4 is 22.1 Å². The monoisotopic (exact) mass is 529 g/mol. The molecular weight excluding hydrogens is 502 g/mol. The van der Waals surface area contributed by atoms with Crippen LogP contribution in [0.1, 0.15) is 36.9 Å². The van der Waals surface area contributed by atoms with Gasteiger partial charge in [-0.1, -0.05) is 42.8 Å². The van der Waals surface area contributed by atoms with Gasteiger partial charge in [-0.05, 0) is 42.0 Å². The lowest BCUT2D eigenvalue weighted by atomic mass is 10.1. The molecule has 38 heavy (non-hydrogen) atoms. The van der Waals surface area contributed by atoms with Crippen molar-refractivity contribution in [3.63, 3.8) is 0 Å². The summed E-state index contributed by atoms with van der Waals surface area (Å²) < 4.78 is 4.69. The van der Waals surface area contributed by atoms with Crippen molar-refractivity contribution in [3.05, 3.63) is 115 Å². The van der Waals surface area contributed by atoms with E-state index in [9.17, 15) is 19.2 Å². The predicted octanol–water partition coefficient (Wildman–Crippen LogP) is 3.16. The van der Waals surface area contributed by atoms with E-state index < -0.39 is 5.69 Å². The van der Waals surface area contributed by atoms with Crippen molar-refractivity contribution in [2.24, 2.45) is 0 Å². The number of amides is 1. The smallest absolute Gasteiger partial charge is 0.331 e. The molecule has 0 atom stereocenters. The summed E-state index contributed by atoms with van der Waals surface area (Å²) in [5.74, 6) is -0.0211. The molecule has 5 rings (SSSR count). The summed E-state index contributed by atoms with van der Waals surface area (Å²) in [6, 6.07) is 18.2. The standard InChI is InChI=1S/C28H27N5O4S/c34-24(29-18-20-9-3-1-4-10-20)12-5-2-7-15-32-27(36)26-22(13-16-38-26)33(28(32)37)19-21-17-25(35)31-14-8-6-11-23(31)30-21/h1,3-4,6,8-11,13-14,16-17H,2,5,7,12,15,18-19H2,(H,29,34). The zero-order valence-electron chi connectivity index (χ0n) is 20.7. The van der Waals surface area contributed by atoms with Crippen molar-refractivity contribution in [1.29, 1.82) is 0 Å². The number of benzene rings is 1. The van der Waals surface area contributed by atoms with Gasteiger partial charge in [-0.3, -0.25) is 27.9 Å². The van der Waals surface area contributed by atoms with Gasteiger partial charge in [0.05, 0.1) is 17.8 Å². The molecule has 0 spiro atoms. The van der Waals surface area contributed by atoms with Crippen LogP contribution in [0.15, 0.2) is 86.6 Å². The summed E-state index contributed by atoms with van der Waals surface area (Å²) in [4.78, 5) is 55.7. The molecule has 0 radical (unpaired) electrons. The van der Waals surface area contributed by atoms with Crippen LogP contribution in [0.4, 0.5) is 0 Å².